The lowest BCUT2D eigenvalue weighted by molar-refractivity contribution is -0.0566. The summed E-state index contributed by atoms with van der Waals surface area (Å²) in [4.78, 5) is 2.50. The molecule has 0 spiro atoms. The molecule has 102 valence electrons. The van der Waals surface area contributed by atoms with E-state index >= 15 is 0 Å². The Kier molecular flexibility index (Phi) is 5.38. The van der Waals surface area contributed by atoms with Gasteiger partial charge < -0.3 is 4.74 Å². The maximum Gasteiger partial charge on any atom is 0.0675 e. The van der Waals surface area contributed by atoms with Crippen LogP contribution in [0.5, 0.6) is 0 Å². The molecule has 0 aromatic heterocycles. The monoisotopic (exact) mass is 258 g/mol. The van der Waals surface area contributed by atoms with E-state index in [1.165, 1.54) is 5.56 Å². The molecule has 1 heterocycles. The van der Waals surface area contributed by atoms with Crippen LogP contribution in [0.3, 0.4) is 0 Å². The van der Waals surface area contributed by atoms with Crippen molar-refractivity contribution in [3.8, 4) is 6.07 Å². The Morgan fingerprint density at radius 1 is 1.32 bits per heavy atom. The fourth-order valence-corrected chi connectivity index (χ4v) is 2.62. The molecule has 1 aliphatic heterocycles. The minimum absolute atomic E-state index is 0.302. The number of hydrogen-bond donors (Lipinski definition) is 0. The normalized spacial score (nSPS) is 24.0. The van der Waals surface area contributed by atoms with Crippen LogP contribution >= 0.6 is 0 Å². The van der Waals surface area contributed by atoms with Crippen LogP contribution in [0.25, 0.3) is 0 Å². The van der Waals surface area contributed by atoms with Gasteiger partial charge in [-0.15, -0.1) is 0 Å². The van der Waals surface area contributed by atoms with Crippen LogP contribution in [0, 0.1) is 11.3 Å². The second-order valence-electron chi connectivity index (χ2n) is 5.18. The smallest absolute Gasteiger partial charge is 0.0675 e. The van der Waals surface area contributed by atoms with Gasteiger partial charge in [-0.1, -0.05) is 30.3 Å². The van der Waals surface area contributed by atoms with Gasteiger partial charge in [0.2, 0.25) is 0 Å². The highest BCUT2D eigenvalue weighted by atomic mass is 16.5. The fourth-order valence-electron chi connectivity index (χ4n) is 2.62. The number of hydrogen-bond acceptors (Lipinski definition) is 3. The Morgan fingerprint density at radius 3 is 2.84 bits per heavy atom. The predicted octanol–water partition coefficient (Wildman–Crippen LogP) is 3.14. The average molecular weight is 258 g/mol. The quantitative estimate of drug-likeness (QED) is 0.761. The highest BCUT2D eigenvalue weighted by Gasteiger charge is 2.27. The molecule has 0 N–H and O–H groups in total. The molecule has 1 fully saturated rings. The number of rotatable bonds is 5. The van der Waals surface area contributed by atoms with Gasteiger partial charge in [0, 0.05) is 13.0 Å². The summed E-state index contributed by atoms with van der Waals surface area (Å²) in [7, 11) is 0. The summed E-state index contributed by atoms with van der Waals surface area (Å²) in [5, 5.41) is 8.59. The summed E-state index contributed by atoms with van der Waals surface area (Å²) >= 11 is 0. The molecule has 3 nitrogen and oxygen atoms in total. The van der Waals surface area contributed by atoms with Crippen molar-refractivity contribution in [1.29, 1.82) is 5.26 Å². The molecule has 2 atom stereocenters. The number of benzene rings is 1. The van der Waals surface area contributed by atoms with Crippen molar-refractivity contribution in [3.63, 3.8) is 0 Å². The maximum atomic E-state index is 8.59. The van der Waals surface area contributed by atoms with Gasteiger partial charge >= 0.3 is 0 Å². The predicted molar refractivity (Wildman–Crippen MR) is 75.6 cm³/mol. The van der Waals surface area contributed by atoms with Crippen molar-refractivity contribution in [2.45, 2.75) is 38.3 Å². The van der Waals surface area contributed by atoms with Crippen LogP contribution < -0.4 is 0 Å². The third kappa shape index (κ3) is 4.05. The number of ether oxygens (including phenoxy) is 1. The number of morpholine rings is 1. The molecule has 19 heavy (non-hydrogen) atoms. The van der Waals surface area contributed by atoms with Crippen LogP contribution in [-0.2, 0) is 4.74 Å². The van der Waals surface area contributed by atoms with Crippen molar-refractivity contribution >= 4 is 0 Å². The van der Waals surface area contributed by atoms with Crippen molar-refractivity contribution in [3.05, 3.63) is 35.9 Å². The second-order valence-corrected chi connectivity index (χ2v) is 5.18. The first-order valence-corrected chi connectivity index (χ1v) is 7.09. The molecule has 0 unspecified atom stereocenters. The van der Waals surface area contributed by atoms with E-state index in [2.05, 4.69) is 42.2 Å². The van der Waals surface area contributed by atoms with Gasteiger partial charge in [0.05, 0.1) is 24.8 Å². The van der Waals surface area contributed by atoms with Gasteiger partial charge in [-0.05, 0) is 31.9 Å². The van der Waals surface area contributed by atoms with Gasteiger partial charge in [0.1, 0.15) is 0 Å². The van der Waals surface area contributed by atoms with Gasteiger partial charge in [0.15, 0.2) is 0 Å². The van der Waals surface area contributed by atoms with Crippen molar-refractivity contribution in [1.82, 2.24) is 4.90 Å². The van der Waals surface area contributed by atoms with E-state index in [4.69, 9.17) is 10.00 Å². The summed E-state index contributed by atoms with van der Waals surface area (Å²) in [6.45, 7) is 4.92. The Hall–Kier alpha value is -1.37. The number of nitrogens with zero attached hydrogens (tertiary/aromatic N) is 2. The minimum Gasteiger partial charge on any atom is -0.375 e. The molecule has 0 amide bonds. The van der Waals surface area contributed by atoms with Crippen LogP contribution in [0.15, 0.2) is 30.3 Å². The molecule has 1 saturated heterocycles. The second kappa shape index (κ2) is 7.28. The average Bonchev–Trinajstić information content (AvgIpc) is 2.45. The Labute approximate surface area is 115 Å². The molecule has 1 aromatic rings. The third-order valence-corrected chi connectivity index (χ3v) is 3.64. The van der Waals surface area contributed by atoms with Gasteiger partial charge in [-0.25, -0.2) is 0 Å². The molecule has 0 saturated carbocycles. The summed E-state index contributed by atoms with van der Waals surface area (Å²) in [6, 6.07) is 13.1. The number of unbranched alkanes of at least 4 members (excludes halogenated alkanes) is 2. The lowest BCUT2D eigenvalue weighted by Gasteiger charge is -2.39. The van der Waals surface area contributed by atoms with Gasteiger partial charge in [-0.3, -0.25) is 4.90 Å². The van der Waals surface area contributed by atoms with Gasteiger partial charge in [-0.2, -0.15) is 5.26 Å². The largest absolute Gasteiger partial charge is 0.375 e. The molecule has 0 aliphatic carbocycles. The minimum atomic E-state index is 0.302. The third-order valence-electron chi connectivity index (χ3n) is 3.64. The molecular formula is C16H22N2O. The van der Waals surface area contributed by atoms with Crippen LogP contribution in [-0.4, -0.2) is 30.7 Å². The van der Waals surface area contributed by atoms with Crippen molar-refractivity contribution in [2.75, 3.05) is 19.7 Å². The summed E-state index contributed by atoms with van der Waals surface area (Å²) in [6.07, 6.45) is 3.04. The fraction of sp³-hybridized carbons (Fsp3) is 0.562. The van der Waals surface area contributed by atoms with E-state index in [0.29, 0.717) is 18.6 Å². The zero-order valence-electron chi connectivity index (χ0n) is 11.6. The van der Waals surface area contributed by atoms with Gasteiger partial charge in [0.25, 0.3) is 0 Å². The van der Waals surface area contributed by atoms with Crippen molar-refractivity contribution in [2.24, 2.45) is 0 Å². The highest BCUT2D eigenvalue weighted by Crippen LogP contribution is 2.26. The zero-order chi connectivity index (χ0) is 13.5. The Balaban J connectivity index is 1.97. The van der Waals surface area contributed by atoms with Crippen LogP contribution in [0.4, 0.5) is 0 Å². The summed E-state index contributed by atoms with van der Waals surface area (Å²) in [5.41, 5.74) is 1.33. The lowest BCUT2D eigenvalue weighted by Crippen LogP contribution is -2.43. The zero-order valence-corrected chi connectivity index (χ0v) is 11.6. The molecule has 1 aromatic carbocycles. The van der Waals surface area contributed by atoms with E-state index in [1.54, 1.807) is 0 Å². The first-order valence-electron chi connectivity index (χ1n) is 7.09. The van der Waals surface area contributed by atoms with E-state index < -0.39 is 0 Å². The Morgan fingerprint density at radius 2 is 2.11 bits per heavy atom. The molecule has 2 rings (SSSR count). The standard InChI is InChI=1S/C16H22N2O/c1-14-12-18(11-7-3-6-10-17)16(13-19-14)15-8-4-2-5-9-15/h2,4-5,8-9,14,16H,3,6-7,11-13H2,1H3/t14-,16-/m1/s1. The first kappa shape index (κ1) is 14.0. The van der Waals surface area contributed by atoms with E-state index in [9.17, 15) is 0 Å². The molecular weight excluding hydrogens is 236 g/mol. The highest BCUT2D eigenvalue weighted by molar-refractivity contribution is 5.19. The number of nitriles is 1. The summed E-state index contributed by atoms with van der Waals surface area (Å²) in [5.74, 6) is 0. The van der Waals surface area contributed by atoms with E-state index in [1.807, 2.05) is 6.07 Å². The SMILES string of the molecule is C[C@@H]1CN(CCCCC#N)[C@@H](c2ccccc2)CO1. The van der Waals surface area contributed by atoms with Crippen LogP contribution in [0.1, 0.15) is 37.8 Å². The van der Waals surface area contributed by atoms with Crippen LogP contribution in [0.2, 0.25) is 0 Å². The molecule has 0 radical (unpaired) electrons. The van der Waals surface area contributed by atoms with E-state index in [-0.39, 0.29) is 0 Å². The Bertz CT molecular complexity index is 413. The first-order chi connectivity index (χ1) is 9.31. The molecule has 0 bridgehead atoms. The maximum absolute atomic E-state index is 8.59. The van der Waals surface area contributed by atoms with E-state index in [0.717, 1.165) is 32.5 Å². The van der Waals surface area contributed by atoms with Crippen molar-refractivity contribution < 1.29 is 4.74 Å². The molecule has 3 heteroatoms. The topological polar surface area (TPSA) is 36.3 Å². The lowest BCUT2D eigenvalue weighted by atomic mass is 10.0. The summed E-state index contributed by atoms with van der Waals surface area (Å²) < 4.78 is 5.81. The molecule has 1 aliphatic rings.